The summed E-state index contributed by atoms with van der Waals surface area (Å²) in [6.45, 7) is 1.44. The molecule has 0 fully saturated rings. The zero-order valence-corrected chi connectivity index (χ0v) is 12.6. The largest absolute Gasteiger partial charge is 0.366 e. The number of hydrogen-bond acceptors (Lipinski definition) is 3. The minimum absolute atomic E-state index is 0.144. The summed E-state index contributed by atoms with van der Waals surface area (Å²) in [5.74, 6) is -0.832. The summed E-state index contributed by atoms with van der Waals surface area (Å²) in [5.41, 5.74) is 7.64. The molecule has 6 heteroatoms. The normalized spacial score (nSPS) is 9.96. The van der Waals surface area contributed by atoms with E-state index in [0.717, 1.165) is 5.56 Å². The van der Waals surface area contributed by atoms with Crippen LogP contribution in [0.25, 0.3) is 0 Å². The number of primary amides is 1. The van der Waals surface area contributed by atoms with Crippen molar-refractivity contribution < 1.29 is 14.4 Å². The predicted molar refractivity (Wildman–Crippen MR) is 88.0 cm³/mol. The van der Waals surface area contributed by atoms with Gasteiger partial charge in [-0.15, -0.1) is 0 Å². The average Bonchev–Trinajstić information content (AvgIpc) is 2.49. The molecule has 0 heterocycles. The molecule has 2 rings (SSSR count). The summed E-state index contributed by atoms with van der Waals surface area (Å²) in [7, 11) is 0. The highest BCUT2D eigenvalue weighted by atomic mass is 16.2. The fourth-order valence-corrected chi connectivity index (χ4v) is 2.02. The maximum atomic E-state index is 12.0. The fourth-order valence-electron chi connectivity index (χ4n) is 2.02. The van der Waals surface area contributed by atoms with Gasteiger partial charge >= 0.3 is 0 Å². The second-order valence-electron chi connectivity index (χ2n) is 5.04. The summed E-state index contributed by atoms with van der Waals surface area (Å²) in [5, 5.41) is 5.40. The minimum atomic E-state index is -0.512. The Labute approximate surface area is 133 Å². The number of carbonyl (C=O) groups is 3. The molecule has 3 amide bonds. The van der Waals surface area contributed by atoms with Crippen LogP contribution in [0.5, 0.6) is 0 Å². The maximum absolute atomic E-state index is 12.0. The van der Waals surface area contributed by atoms with E-state index in [1.165, 1.54) is 6.92 Å². The number of nitrogens with one attached hydrogen (secondary N) is 2. The number of benzene rings is 2. The molecule has 6 nitrogen and oxygen atoms in total. The lowest BCUT2D eigenvalue weighted by Gasteiger charge is -2.07. The number of nitrogens with two attached hydrogens (primary N) is 1. The van der Waals surface area contributed by atoms with Crippen LogP contribution in [0.1, 0.15) is 22.8 Å². The molecule has 2 aromatic carbocycles. The highest BCUT2D eigenvalue weighted by molar-refractivity contribution is 5.95. The Morgan fingerprint density at radius 1 is 0.870 bits per heavy atom. The lowest BCUT2D eigenvalue weighted by molar-refractivity contribution is -0.116. The molecule has 0 radical (unpaired) electrons. The van der Waals surface area contributed by atoms with Crippen molar-refractivity contribution >= 4 is 29.1 Å². The number of carbonyl (C=O) groups excluding carboxylic acids is 3. The second-order valence-corrected chi connectivity index (χ2v) is 5.04. The quantitative estimate of drug-likeness (QED) is 0.786. The van der Waals surface area contributed by atoms with E-state index in [2.05, 4.69) is 10.6 Å². The van der Waals surface area contributed by atoms with Gasteiger partial charge in [0.2, 0.25) is 17.7 Å². The van der Waals surface area contributed by atoms with Crippen molar-refractivity contribution in [2.45, 2.75) is 13.3 Å². The molecule has 4 N–H and O–H groups in total. The summed E-state index contributed by atoms with van der Waals surface area (Å²) >= 11 is 0. The van der Waals surface area contributed by atoms with E-state index in [9.17, 15) is 14.4 Å². The van der Waals surface area contributed by atoms with Crippen molar-refractivity contribution in [3.8, 4) is 0 Å². The number of amides is 3. The lowest BCUT2D eigenvalue weighted by Crippen LogP contribution is -2.15. The zero-order chi connectivity index (χ0) is 16.8. The lowest BCUT2D eigenvalue weighted by atomic mass is 10.1. The summed E-state index contributed by atoms with van der Waals surface area (Å²) in [4.78, 5) is 33.9. The number of rotatable bonds is 5. The highest BCUT2D eigenvalue weighted by Crippen LogP contribution is 2.12. The van der Waals surface area contributed by atoms with E-state index in [0.29, 0.717) is 16.9 Å². The van der Waals surface area contributed by atoms with Crippen LogP contribution in [-0.4, -0.2) is 17.7 Å². The first-order valence-electron chi connectivity index (χ1n) is 7.00. The van der Waals surface area contributed by atoms with Gasteiger partial charge < -0.3 is 16.4 Å². The Kier molecular flexibility index (Phi) is 5.09. The minimum Gasteiger partial charge on any atom is -0.366 e. The van der Waals surface area contributed by atoms with Gasteiger partial charge in [-0.2, -0.15) is 0 Å². The molecule has 0 aliphatic carbocycles. The van der Waals surface area contributed by atoms with Gasteiger partial charge in [-0.1, -0.05) is 12.1 Å². The van der Waals surface area contributed by atoms with Crippen molar-refractivity contribution in [2.24, 2.45) is 5.73 Å². The molecule has 0 atom stereocenters. The molecule has 0 saturated carbocycles. The SMILES string of the molecule is CC(=O)Nc1ccc(CC(=O)Nc2ccc(C(N)=O)cc2)cc1. The van der Waals surface area contributed by atoms with Crippen molar-refractivity contribution in [2.75, 3.05) is 10.6 Å². The summed E-state index contributed by atoms with van der Waals surface area (Å²) in [6.07, 6.45) is 0.206. The standard InChI is InChI=1S/C17H17N3O3/c1-11(21)19-14-6-2-12(3-7-14)10-16(22)20-15-8-4-13(5-9-15)17(18)23/h2-9H,10H2,1H3,(H2,18,23)(H,19,21)(H,20,22). The van der Waals surface area contributed by atoms with Crippen molar-refractivity contribution in [3.63, 3.8) is 0 Å². The first-order chi connectivity index (χ1) is 10.9. The van der Waals surface area contributed by atoms with Crippen LogP contribution in [0.4, 0.5) is 11.4 Å². The van der Waals surface area contributed by atoms with Crippen molar-refractivity contribution in [1.29, 1.82) is 0 Å². The Morgan fingerprint density at radius 3 is 1.91 bits per heavy atom. The van der Waals surface area contributed by atoms with Crippen LogP contribution < -0.4 is 16.4 Å². The van der Waals surface area contributed by atoms with Crippen LogP contribution in [0, 0.1) is 0 Å². The van der Waals surface area contributed by atoms with Crippen LogP contribution >= 0.6 is 0 Å². The first-order valence-corrected chi connectivity index (χ1v) is 7.00. The first kappa shape index (κ1) is 16.2. The summed E-state index contributed by atoms with van der Waals surface area (Å²) in [6, 6.07) is 13.4. The fraction of sp³-hybridized carbons (Fsp3) is 0.118. The van der Waals surface area contributed by atoms with Crippen molar-refractivity contribution in [3.05, 3.63) is 59.7 Å². The van der Waals surface area contributed by atoms with Gasteiger partial charge in [-0.3, -0.25) is 14.4 Å². The van der Waals surface area contributed by atoms with Crippen LogP contribution in [0.15, 0.2) is 48.5 Å². The third-order valence-corrected chi connectivity index (χ3v) is 3.09. The highest BCUT2D eigenvalue weighted by Gasteiger charge is 2.06. The molecule has 0 aliphatic heterocycles. The van der Waals surface area contributed by atoms with E-state index in [-0.39, 0.29) is 18.2 Å². The molecule has 0 unspecified atom stereocenters. The van der Waals surface area contributed by atoms with E-state index >= 15 is 0 Å². The third kappa shape index (κ3) is 4.96. The molecule has 0 bridgehead atoms. The van der Waals surface area contributed by atoms with Crippen LogP contribution in [0.3, 0.4) is 0 Å². The smallest absolute Gasteiger partial charge is 0.248 e. The number of hydrogen-bond donors (Lipinski definition) is 3. The Morgan fingerprint density at radius 2 is 1.39 bits per heavy atom. The van der Waals surface area contributed by atoms with E-state index in [4.69, 9.17) is 5.73 Å². The molecule has 0 aliphatic rings. The van der Waals surface area contributed by atoms with Gasteiger partial charge in [0.05, 0.1) is 6.42 Å². The van der Waals surface area contributed by atoms with E-state index in [1.54, 1.807) is 48.5 Å². The van der Waals surface area contributed by atoms with Crippen molar-refractivity contribution in [1.82, 2.24) is 0 Å². The third-order valence-electron chi connectivity index (χ3n) is 3.09. The maximum Gasteiger partial charge on any atom is 0.248 e. The Balaban J connectivity index is 1.93. The van der Waals surface area contributed by atoms with Gasteiger partial charge in [0.25, 0.3) is 0 Å². The zero-order valence-electron chi connectivity index (χ0n) is 12.6. The molecular weight excluding hydrogens is 294 g/mol. The Bertz CT molecular complexity index is 722. The predicted octanol–water partition coefficient (Wildman–Crippen LogP) is 1.93. The molecule has 0 saturated heterocycles. The monoisotopic (exact) mass is 311 g/mol. The Hall–Kier alpha value is -3.15. The average molecular weight is 311 g/mol. The van der Waals surface area contributed by atoms with Crippen LogP contribution in [0.2, 0.25) is 0 Å². The molecule has 2 aromatic rings. The topological polar surface area (TPSA) is 101 Å². The molecule has 0 spiro atoms. The van der Waals surface area contributed by atoms with Gasteiger partial charge in [-0.25, -0.2) is 0 Å². The van der Waals surface area contributed by atoms with Crippen LogP contribution in [-0.2, 0) is 16.0 Å². The van der Waals surface area contributed by atoms with Gasteiger partial charge in [0, 0.05) is 23.9 Å². The molecule has 23 heavy (non-hydrogen) atoms. The van der Waals surface area contributed by atoms with Gasteiger partial charge in [0.15, 0.2) is 0 Å². The van der Waals surface area contributed by atoms with Gasteiger partial charge in [-0.05, 0) is 42.0 Å². The molecule has 118 valence electrons. The van der Waals surface area contributed by atoms with Gasteiger partial charge in [0.1, 0.15) is 0 Å². The summed E-state index contributed by atoms with van der Waals surface area (Å²) < 4.78 is 0. The number of anilines is 2. The molecular formula is C17H17N3O3. The molecule has 0 aromatic heterocycles. The second kappa shape index (κ2) is 7.22. The van der Waals surface area contributed by atoms with E-state index in [1.807, 2.05) is 0 Å². The van der Waals surface area contributed by atoms with E-state index < -0.39 is 5.91 Å².